The number of fused-ring (bicyclic) bond motifs is 6. The highest BCUT2D eigenvalue weighted by atomic mass is 32.1. The predicted octanol–water partition coefficient (Wildman–Crippen LogP) is 15.1. The Bertz CT molecular complexity index is 2510. The van der Waals surface area contributed by atoms with Gasteiger partial charge in [0.1, 0.15) is 0 Å². The van der Waals surface area contributed by atoms with Crippen molar-refractivity contribution in [3.05, 3.63) is 81.5 Å². The van der Waals surface area contributed by atoms with Gasteiger partial charge in [-0.15, -0.1) is 22.7 Å². The van der Waals surface area contributed by atoms with Gasteiger partial charge in [-0.1, -0.05) is 0 Å². The first-order valence-corrected chi connectivity index (χ1v) is 37.8. The molecule has 0 bridgehead atoms. The molecule has 0 unspecified atom stereocenters. The average molecular weight is 1150 g/mol. The van der Waals surface area contributed by atoms with Gasteiger partial charge < -0.3 is 53.1 Å². The summed E-state index contributed by atoms with van der Waals surface area (Å²) >= 11 is 3.56. The van der Waals surface area contributed by atoms with E-state index in [-0.39, 0.29) is 0 Å². The lowest BCUT2D eigenvalue weighted by Gasteiger charge is -2.31. The fourth-order valence-electron chi connectivity index (χ4n) is 11.4. The van der Waals surface area contributed by atoms with Crippen LogP contribution in [0.4, 0.5) is 0 Å². The highest BCUT2D eigenvalue weighted by molar-refractivity contribution is 7.17. The van der Waals surface area contributed by atoms with Gasteiger partial charge in [-0.2, -0.15) is 0 Å². The molecular weight excluding hydrogens is 1070 g/mol. The summed E-state index contributed by atoms with van der Waals surface area (Å²) in [6, 6.07) is 21.7. The average Bonchev–Trinajstić information content (AvgIpc) is 4.14. The number of thiophene rings is 2. The number of rotatable bonds is 36. The van der Waals surface area contributed by atoms with Crippen LogP contribution in [-0.4, -0.2) is 115 Å². The molecule has 2 heterocycles. The number of benzene rings is 5. The van der Waals surface area contributed by atoms with Crippen molar-refractivity contribution in [2.24, 2.45) is 0 Å². The van der Waals surface area contributed by atoms with Crippen molar-refractivity contribution >= 4 is 121 Å². The van der Waals surface area contributed by atoms with E-state index in [0.29, 0.717) is 129 Å². The summed E-state index contributed by atoms with van der Waals surface area (Å²) in [6.45, 7) is 30.5. The molecular formula is C58H86O12S2Si4. The van der Waals surface area contributed by atoms with Gasteiger partial charge in [0.05, 0.1) is 0 Å². The Labute approximate surface area is 465 Å². The first-order valence-electron chi connectivity index (χ1n) is 28.3. The van der Waals surface area contributed by atoms with E-state index in [4.69, 9.17) is 53.1 Å². The van der Waals surface area contributed by atoms with Crippen LogP contribution in [0, 0.1) is 0 Å². The van der Waals surface area contributed by atoms with E-state index in [1.54, 1.807) is 22.7 Å². The fraction of sp³-hybridized carbons (Fsp3) is 0.552. The van der Waals surface area contributed by atoms with Gasteiger partial charge >= 0.3 is 35.2 Å². The molecule has 0 atom stereocenters. The molecule has 0 saturated carbocycles. The van der Waals surface area contributed by atoms with Crippen molar-refractivity contribution in [3.8, 4) is 0 Å². The third kappa shape index (κ3) is 13.6. The fourth-order valence-corrected chi connectivity index (χ4v) is 23.2. The topological polar surface area (TPSA) is 111 Å². The summed E-state index contributed by atoms with van der Waals surface area (Å²) in [4.78, 5) is 0. The Morgan fingerprint density at radius 1 is 0.276 bits per heavy atom. The molecule has 18 heteroatoms. The standard InChI is InChI=1S/C58H86O12S2Si4/c1-13-59-73(60-14-2,61-15-3)33-27-45-49-37-43-25-31-71-57(43)41-55(49)47(29-35-75(65-19-7,66-20-8)67-21-9)53-40-52-46(28-34-74(62-16-4,63-17-5)64-18-6)50-38-44-26-32-72-58(44)42-56(50)48(54(52)39-51(45)53)30-36-76(68-22-10,69-23-11)70-24-12/h25-26,31-32,37-42H,13-24,27-30,33-36H2,1-12H3. The van der Waals surface area contributed by atoms with E-state index in [1.807, 2.05) is 83.1 Å². The second kappa shape index (κ2) is 28.7. The van der Waals surface area contributed by atoms with E-state index in [9.17, 15) is 0 Å². The summed E-state index contributed by atoms with van der Waals surface area (Å²) in [6.07, 6.45) is 2.73. The molecule has 12 nitrogen and oxygen atoms in total. The maximum atomic E-state index is 6.60. The molecule has 0 aliphatic rings. The number of hydrogen-bond donors (Lipinski definition) is 0. The molecule has 0 radical (unpaired) electrons. The summed E-state index contributed by atoms with van der Waals surface area (Å²) in [5.74, 6) is 0. The number of hydrogen-bond acceptors (Lipinski definition) is 14. The minimum atomic E-state index is -3.12. The lowest BCUT2D eigenvalue weighted by molar-refractivity contribution is 0.0706. The summed E-state index contributed by atoms with van der Waals surface area (Å²) in [5, 5.41) is 16.5. The van der Waals surface area contributed by atoms with Crippen molar-refractivity contribution in [1.82, 2.24) is 0 Å². The van der Waals surface area contributed by atoms with E-state index in [1.165, 1.54) is 85.5 Å². The Morgan fingerprint density at radius 3 is 0.684 bits per heavy atom. The maximum absolute atomic E-state index is 6.60. The van der Waals surface area contributed by atoms with Gasteiger partial charge in [0.25, 0.3) is 0 Å². The van der Waals surface area contributed by atoms with E-state index >= 15 is 0 Å². The Balaban J connectivity index is 1.66. The van der Waals surface area contributed by atoms with Gasteiger partial charge in [-0.25, -0.2) is 0 Å². The van der Waals surface area contributed by atoms with Crippen molar-refractivity contribution < 1.29 is 53.1 Å². The van der Waals surface area contributed by atoms with E-state index < -0.39 is 35.2 Å². The first-order chi connectivity index (χ1) is 37.0. The molecule has 0 spiro atoms. The van der Waals surface area contributed by atoms with Crippen LogP contribution in [0.3, 0.4) is 0 Å². The molecule has 7 aromatic rings. The third-order valence-corrected chi connectivity index (χ3v) is 28.0. The molecule has 418 valence electrons. The quantitative estimate of drug-likeness (QED) is 0.0275. The summed E-state index contributed by atoms with van der Waals surface area (Å²) in [7, 11) is -12.5. The van der Waals surface area contributed by atoms with E-state index in [0.717, 1.165) is 0 Å². The van der Waals surface area contributed by atoms with Crippen molar-refractivity contribution in [2.75, 3.05) is 79.3 Å². The van der Waals surface area contributed by atoms with Crippen LogP contribution < -0.4 is 0 Å². The third-order valence-electron chi connectivity index (χ3n) is 14.0. The first kappa shape index (κ1) is 61.1. The lowest BCUT2D eigenvalue weighted by atomic mass is 9.83. The van der Waals surface area contributed by atoms with Crippen molar-refractivity contribution in [3.63, 3.8) is 0 Å². The molecule has 0 fully saturated rings. The van der Waals surface area contributed by atoms with Gasteiger partial charge in [0.2, 0.25) is 0 Å². The molecule has 76 heavy (non-hydrogen) atoms. The van der Waals surface area contributed by atoms with Crippen LogP contribution in [0.2, 0.25) is 24.2 Å². The van der Waals surface area contributed by atoms with E-state index in [2.05, 4.69) is 59.3 Å². The van der Waals surface area contributed by atoms with Crippen LogP contribution in [0.25, 0.3) is 63.3 Å². The van der Waals surface area contributed by atoms with Gasteiger partial charge in [0, 0.05) is 113 Å². The second-order valence-electron chi connectivity index (χ2n) is 18.5. The molecule has 0 amide bonds. The normalized spacial score (nSPS) is 13.1. The predicted molar refractivity (Wildman–Crippen MR) is 324 cm³/mol. The van der Waals surface area contributed by atoms with Crippen LogP contribution in [-0.2, 0) is 78.8 Å². The van der Waals surface area contributed by atoms with Crippen molar-refractivity contribution in [2.45, 2.75) is 133 Å². The molecule has 7 rings (SSSR count). The monoisotopic (exact) mass is 1150 g/mol. The summed E-state index contributed by atoms with van der Waals surface area (Å²) in [5.41, 5.74) is 5.01. The Kier molecular flexibility index (Phi) is 23.1. The van der Waals surface area contributed by atoms with Crippen LogP contribution in [0.1, 0.15) is 105 Å². The molecule has 0 saturated heterocycles. The highest BCUT2D eigenvalue weighted by Crippen LogP contribution is 2.46. The van der Waals surface area contributed by atoms with Gasteiger partial charge in [0.15, 0.2) is 0 Å². The zero-order valence-electron chi connectivity index (χ0n) is 47.6. The zero-order chi connectivity index (χ0) is 54.4. The van der Waals surface area contributed by atoms with Crippen LogP contribution in [0.5, 0.6) is 0 Å². The minimum Gasteiger partial charge on any atom is -0.374 e. The SMILES string of the molecule is CCO[Si](CCc1c2cc3ccsc3cc2c(CC[Si](OCC)(OCC)OCC)c2cc3c(CC[Si](OCC)(OCC)OCC)c4cc5ccsc5cc4c(CC[Si](OCC)(OCC)OCC)c3cc12)(OCC)OCC. The van der Waals surface area contributed by atoms with Crippen molar-refractivity contribution in [1.29, 1.82) is 0 Å². The minimum absolute atomic E-state index is 0.505. The number of aryl methyl sites for hydroxylation is 4. The largest absolute Gasteiger partial charge is 0.501 e. The Hall–Kier alpha value is -2.55. The lowest BCUT2D eigenvalue weighted by Crippen LogP contribution is -2.46. The maximum Gasteiger partial charge on any atom is 0.501 e. The zero-order valence-corrected chi connectivity index (χ0v) is 53.3. The van der Waals surface area contributed by atoms with Gasteiger partial charge in [-0.3, -0.25) is 0 Å². The van der Waals surface area contributed by atoms with Crippen LogP contribution in [0.15, 0.2) is 59.3 Å². The molecule has 5 aromatic carbocycles. The highest BCUT2D eigenvalue weighted by Gasteiger charge is 2.44. The second-order valence-corrected chi connectivity index (χ2v) is 31.3. The molecule has 0 aliphatic heterocycles. The molecule has 0 N–H and O–H groups in total. The van der Waals surface area contributed by atoms with Crippen LogP contribution >= 0.6 is 22.7 Å². The Morgan fingerprint density at radius 2 is 0.474 bits per heavy atom. The van der Waals surface area contributed by atoms with Gasteiger partial charge in [-0.05, 0) is 244 Å². The smallest absolute Gasteiger partial charge is 0.374 e. The summed E-state index contributed by atoms with van der Waals surface area (Å²) < 4.78 is 81.6. The molecule has 2 aromatic heterocycles. The molecule has 0 aliphatic carbocycles.